The molecule has 0 aliphatic rings. The van der Waals surface area contributed by atoms with Crippen LogP contribution in [0.1, 0.15) is 12.0 Å². The largest absolute Gasteiger partial charge is 0.396 e. The SMILES string of the molecule is N#Cc1ccc(S(=O)(=O)CCNCCCO)cc1. The molecule has 0 unspecified atom stereocenters. The summed E-state index contributed by atoms with van der Waals surface area (Å²) in [5.41, 5.74) is 0.440. The lowest BCUT2D eigenvalue weighted by Crippen LogP contribution is -2.24. The lowest BCUT2D eigenvalue weighted by molar-refractivity contribution is 0.286. The number of nitriles is 1. The van der Waals surface area contributed by atoms with Gasteiger partial charge in [-0.2, -0.15) is 5.26 Å². The zero-order valence-electron chi connectivity index (χ0n) is 9.96. The van der Waals surface area contributed by atoms with Gasteiger partial charge in [0, 0.05) is 13.2 Å². The molecule has 0 heterocycles. The number of nitrogens with zero attached hydrogens (tertiary/aromatic N) is 1. The van der Waals surface area contributed by atoms with Crippen LogP contribution in [0.25, 0.3) is 0 Å². The monoisotopic (exact) mass is 268 g/mol. The normalized spacial score (nSPS) is 11.1. The molecule has 0 saturated heterocycles. The van der Waals surface area contributed by atoms with Crippen LogP contribution in [0.4, 0.5) is 0 Å². The predicted molar refractivity (Wildman–Crippen MR) is 67.8 cm³/mol. The van der Waals surface area contributed by atoms with E-state index >= 15 is 0 Å². The number of sulfone groups is 1. The Hall–Kier alpha value is -1.42. The minimum atomic E-state index is -3.31. The van der Waals surface area contributed by atoms with Crippen molar-refractivity contribution in [2.45, 2.75) is 11.3 Å². The van der Waals surface area contributed by atoms with Gasteiger partial charge >= 0.3 is 0 Å². The van der Waals surface area contributed by atoms with E-state index in [1.165, 1.54) is 24.3 Å². The van der Waals surface area contributed by atoms with Gasteiger partial charge in [-0.25, -0.2) is 8.42 Å². The van der Waals surface area contributed by atoms with E-state index in [0.29, 0.717) is 25.1 Å². The maximum Gasteiger partial charge on any atom is 0.179 e. The quantitative estimate of drug-likeness (QED) is 0.694. The van der Waals surface area contributed by atoms with E-state index in [1.807, 2.05) is 6.07 Å². The Morgan fingerprint density at radius 2 is 1.89 bits per heavy atom. The van der Waals surface area contributed by atoms with Crippen LogP contribution >= 0.6 is 0 Å². The first-order valence-electron chi connectivity index (χ1n) is 5.64. The van der Waals surface area contributed by atoms with Gasteiger partial charge in [-0.05, 0) is 37.2 Å². The Morgan fingerprint density at radius 3 is 2.44 bits per heavy atom. The highest BCUT2D eigenvalue weighted by Gasteiger charge is 2.13. The second kappa shape index (κ2) is 7.11. The molecule has 1 rings (SSSR count). The number of aliphatic hydroxyl groups excluding tert-OH is 1. The maximum absolute atomic E-state index is 11.9. The Morgan fingerprint density at radius 1 is 1.22 bits per heavy atom. The Kier molecular flexibility index (Phi) is 5.78. The predicted octanol–water partition coefficient (Wildman–Crippen LogP) is 0.304. The molecular weight excluding hydrogens is 252 g/mol. The molecule has 0 bridgehead atoms. The maximum atomic E-state index is 11.9. The minimum Gasteiger partial charge on any atom is -0.396 e. The minimum absolute atomic E-state index is 0.00429. The molecule has 0 aliphatic carbocycles. The number of hydrogen-bond donors (Lipinski definition) is 2. The van der Waals surface area contributed by atoms with Crippen molar-refractivity contribution in [2.75, 3.05) is 25.4 Å². The summed E-state index contributed by atoms with van der Waals surface area (Å²) in [4.78, 5) is 0.227. The first-order valence-corrected chi connectivity index (χ1v) is 7.30. The van der Waals surface area contributed by atoms with E-state index in [-0.39, 0.29) is 17.3 Å². The molecule has 0 amide bonds. The Balaban J connectivity index is 2.55. The summed E-state index contributed by atoms with van der Waals surface area (Å²) in [5.74, 6) is 0.00429. The third-order valence-electron chi connectivity index (χ3n) is 2.40. The van der Waals surface area contributed by atoms with Gasteiger partial charge in [-0.1, -0.05) is 0 Å². The fraction of sp³-hybridized carbons (Fsp3) is 0.417. The topological polar surface area (TPSA) is 90.2 Å². The van der Waals surface area contributed by atoms with Gasteiger partial charge in [0.2, 0.25) is 0 Å². The molecule has 2 N–H and O–H groups in total. The average molecular weight is 268 g/mol. The molecule has 18 heavy (non-hydrogen) atoms. The van der Waals surface area contributed by atoms with Crippen LogP contribution in [0, 0.1) is 11.3 Å². The van der Waals surface area contributed by atoms with E-state index in [2.05, 4.69) is 5.32 Å². The van der Waals surface area contributed by atoms with Gasteiger partial charge < -0.3 is 10.4 Å². The zero-order chi connectivity index (χ0) is 13.4. The summed E-state index contributed by atoms with van der Waals surface area (Å²) >= 11 is 0. The van der Waals surface area contributed by atoms with Crippen LogP contribution in [0.15, 0.2) is 29.2 Å². The third kappa shape index (κ3) is 4.45. The van der Waals surface area contributed by atoms with E-state index < -0.39 is 9.84 Å². The fourth-order valence-corrected chi connectivity index (χ4v) is 2.59. The average Bonchev–Trinajstić information content (AvgIpc) is 2.38. The van der Waals surface area contributed by atoms with Crippen LogP contribution in [0.5, 0.6) is 0 Å². The van der Waals surface area contributed by atoms with Crippen molar-refractivity contribution in [1.29, 1.82) is 5.26 Å². The molecule has 1 aromatic rings. The van der Waals surface area contributed by atoms with E-state index in [1.54, 1.807) is 0 Å². The third-order valence-corrected chi connectivity index (χ3v) is 4.13. The van der Waals surface area contributed by atoms with Crippen LogP contribution in [-0.2, 0) is 9.84 Å². The molecule has 0 fully saturated rings. The Bertz CT molecular complexity index is 503. The van der Waals surface area contributed by atoms with Gasteiger partial charge in [-0.15, -0.1) is 0 Å². The molecule has 0 aromatic heterocycles. The number of nitrogens with one attached hydrogen (secondary N) is 1. The molecule has 0 radical (unpaired) electrons. The van der Waals surface area contributed by atoms with E-state index in [9.17, 15) is 8.42 Å². The van der Waals surface area contributed by atoms with Gasteiger partial charge in [0.15, 0.2) is 9.84 Å². The van der Waals surface area contributed by atoms with Crippen LogP contribution in [0.2, 0.25) is 0 Å². The molecule has 0 saturated carbocycles. The van der Waals surface area contributed by atoms with Crippen molar-refractivity contribution in [1.82, 2.24) is 5.32 Å². The standard InChI is InChI=1S/C12H16N2O3S/c13-10-11-2-4-12(5-3-11)18(16,17)9-7-14-6-1-8-15/h2-5,14-15H,1,6-9H2. The van der Waals surface area contributed by atoms with Crippen molar-refractivity contribution in [3.05, 3.63) is 29.8 Å². The van der Waals surface area contributed by atoms with E-state index in [4.69, 9.17) is 10.4 Å². The summed E-state index contributed by atoms with van der Waals surface area (Å²) in [6.07, 6.45) is 0.608. The lowest BCUT2D eigenvalue weighted by Gasteiger charge is -2.05. The van der Waals surface area contributed by atoms with Gasteiger partial charge in [0.05, 0.1) is 22.3 Å². The van der Waals surface area contributed by atoms with Crippen molar-refractivity contribution >= 4 is 9.84 Å². The molecule has 98 valence electrons. The van der Waals surface area contributed by atoms with Crippen molar-refractivity contribution in [3.63, 3.8) is 0 Å². The van der Waals surface area contributed by atoms with E-state index in [0.717, 1.165) is 0 Å². The molecule has 0 atom stereocenters. The van der Waals surface area contributed by atoms with Crippen molar-refractivity contribution < 1.29 is 13.5 Å². The lowest BCUT2D eigenvalue weighted by atomic mass is 10.2. The van der Waals surface area contributed by atoms with Gasteiger partial charge in [-0.3, -0.25) is 0 Å². The molecule has 6 heteroatoms. The number of benzene rings is 1. The second-order valence-corrected chi connectivity index (χ2v) is 5.89. The van der Waals surface area contributed by atoms with Crippen molar-refractivity contribution in [3.8, 4) is 6.07 Å². The highest BCUT2D eigenvalue weighted by Crippen LogP contribution is 2.11. The summed E-state index contributed by atoms with van der Waals surface area (Å²) in [6, 6.07) is 7.82. The van der Waals surface area contributed by atoms with Crippen LogP contribution in [0.3, 0.4) is 0 Å². The molecular formula is C12H16N2O3S. The Labute approximate surface area is 107 Å². The first-order chi connectivity index (χ1) is 8.60. The van der Waals surface area contributed by atoms with Crippen LogP contribution in [-0.4, -0.2) is 39.0 Å². The van der Waals surface area contributed by atoms with Crippen molar-refractivity contribution in [2.24, 2.45) is 0 Å². The first kappa shape index (κ1) is 14.6. The smallest absolute Gasteiger partial charge is 0.179 e. The highest BCUT2D eigenvalue weighted by molar-refractivity contribution is 7.91. The molecule has 0 spiro atoms. The molecule has 1 aromatic carbocycles. The van der Waals surface area contributed by atoms with Crippen LogP contribution < -0.4 is 5.32 Å². The summed E-state index contributed by atoms with van der Waals surface area (Å²) in [6.45, 7) is 1.04. The number of aliphatic hydroxyl groups is 1. The molecule has 5 nitrogen and oxygen atoms in total. The second-order valence-electron chi connectivity index (χ2n) is 3.78. The number of hydrogen-bond acceptors (Lipinski definition) is 5. The number of rotatable bonds is 7. The summed E-state index contributed by atoms with van der Waals surface area (Å²) in [5, 5.41) is 20.1. The highest BCUT2D eigenvalue weighted by atomic mass is 32.2. The summed E-state index contributed by atoms with van der Waals surface area (Å²) in [7, 11) is -3.31. The van der Waals surface area contributed by atoms with Gasteiger partial charge in [0.25, 0.3) is 0 Å². The molecule has 0 aliphatic heterocycles. The van der Waals surface area contributed by atoms with Gasteiger partial charge in [0.1, 0.15) is 0 Å². The zero-order valence-corrected chi connectivity index (χ0v) is 10.8. The summed E-state index contributed by atoms with van der Waals surface area (Å²) < 4.78 is 23.8. The fourth-order valence-electron chi connectivity index (χ4n) is 1.39.